The maximum absolute atomic E-state index is 10.2. The molecule has 4 heteroatoms. The molecule has 0 radical (unpaired) electrons. The van der Waals surface area contributed by atoms with Crippen LogP contribution in [0, 0.1) is 0 Å². The minimum atomic E-state index is 0.109. The lowest BCUT2D eigenvalue weighted by Crippen LogP contribution is -2.25. The minimum absolute atomic E-state index is 0.109. The van der Waals surface area contributed by atoms with Crippen LogP contribution in [0.25, 0.3) is 0 Å². The van der Waals surface area contributed by atoms with Crippen molar-refractivity contribution in [2.75, 3.05) is 32.8 Å². The van der Waals surface area contributed by atoms with Crippen LogP contribution in [0.5, 0.6) is 17.2 Å². The molecule has 0 saturated carbocycles. The van der Waals surface area contributed by atoms with Crippen molar-refractivity contribution >= 4 is 0 Å². The second-order valence-corrected chi connectivity index (χ2v) is 8.85. The zero-order valence-corrected chi connectivity index (χ0v) is 18.5. The van der Waals surface area contributed by atoms with Crippen molar-refractivity contribution < 1.29 is 14.6 Å². The fourth-order valence-corrected chi connectivity index (χ4v) is 5.06. The highest BCUT2D eigenvalue weighted by Gasteiger charge is 2.33. The summed E-state index contributed by atoms with van der Waals surface area (Å²) in [5, 5.41) is 10.2. The number of rotatable bonds is 7. The largest absolute Gasteiger partial charge is 0.508 e. The Labute approximate surface area is 190 Å². The van der Waals surface area contributed by atoms with E-state index in [9.17, 15) is 5.11 Å². The third-order valence-electron chi connectivity index (χ3n) is 6.70. The summed E-state index contributed by atoms with van der Waals surface area (Å²) in [5.74, 6) is 2.32. The standard InChI is InChI=1S/C28H31NO3/c30-23-11-14-27-25(19-23)28(26(20-32-27)21-7-2-1-3-8-21)22-9-12-24(13-10-22)31-18-6-17-29-15-4-5-16-29/h1-3,7-14,19,26,28,30H,4-6,15-18,20H2/t26-,28-/m1/s1. The van der Waals surface area contributed by atoms with Crippen molar-refractivity contribution in [2.24, 2.45) is 0 Å². The van der Waals surface area contributed by atoms with Crippen molar-refractivity contribution in [3.8, 4) is 17.2 Å². The molecule has 3 aromatic carbocycles. The first-order valence-electron chi connectivity index (χ1n) is 11.7. The van der Waals surface area contributed by atoms with E-state index in [2.05, 4.69) is 53.4 Å². The highest BCUT2D eigenvalue weighted by Crippen LogP contribution is 2.47. The SMILES string of the molecule is Oc1ccc2c(c1)[C@@H](c1ccc(OCCCN3CCCC3)cc1)[C@@H](c1ccccc1)CO2. The van der Waals surface area contributed by atoms with Gasteiger partial charge in [0.1, 0.15) is 17.2 Å². The maximum atomic E-state index is 10.2. The molecule has 166 valence electrons. The molecule has 3 aromatic rings. The van der Waals surface area contributed by atoms with Gasteiger partial charge >= 0.3 is 0 Å². The molecule has 0 aromatic heterocycles. The fraction of sp³-hybridized carbons (Fsp3) is 0.357. The Kier molecular flexibility index (Phi) is 6.31. The molecular weight excluding hydrogens is 398 g/mol. The highest BCUT2D eigenvalue weighted by atomic mass is 16.5. The summed E-state index contributed by atoms with van der Waals surface area (Å²) in [5.41, 5.74) is 3.48. The van der Waals surface area contributed by atoms with Crippen molar-refractivity contribution in [2.45, 2.75) is 31.1 Å². The van der Waals surface area contributed by atoms with Gasteiger partial charge in [-0.15, -0.1) is 0 Å². The number of aromatic hydroxyl groups is 1. The molecule has 2 aliphatic heterocycles. The first kappa shape index (κ1) is 20.9. The summed E-state index contributed by atoms with van der Waals surface area (Å²) < 4.78 is 12.1. The number of phenols is 1. The van der Waals surface area contributed by atoms with Gasteiger partial charge in [0.15, 0.2) is 0 Å². The van der Waals surface area contributed by atoms with Gasteiger partial charge in [-0.25, -0.2) is 0 Å². The van der Waals surface area contributed by atoms with Gasteiger partial charge in [0, 0.05) is 23.9 Å². The lowest BCUT2D eigenvalue weighted by molar-refractivity contribution is 0.248. The van der Waals surface area contributed by atoms with E-state index in [0.29, 0.717) is 6.61 Å². The Morgan fingerprint density at radius 2 is 1.69 bits per heavy atom. The lowest BCUT2D eigenvalue weighted by Gasteiger charge is -2.34. The molecule has 2 aliphatic rings. The van der Waals surface area contributed by atoms with Gasteiger partial charge in [-0.3, -0.25) is 0 Å². The number of phenolic OH excluding ortho intramolecular Hbond substituents is 1. The summed E-state index contributed by atoms with van der Waals surface area (Å²) in [6, 6.07) is 24.4. The van der Waals surface area contributed by atoms with Gasteiger partial charge in [0.05, 0.1) is 13.2 Å². The quantitative estimate of drug-likeness (QED) is 0.499. The second kappa shape index (κ2) is 9.66. The minimum Gasteiger partial charge on any atom is -0.508 e. The van der Waals surface area contributed by atoms with E-state index in [1.54, 1.807) is 6.07 Å². The van der Waals surface area contributed by atoms with Crippen LogP contribution < -0.4 is 9.47 Å². The van der Waals surface area contributed by atoms with Gasteiger partial charge in [-0.1, -0.05) is 42.5 Å². The first-order chi connectivity index (χ1) is 15.8. The lowest BCUT2D eigenvalue weighted by atomic mass is 9.76. The monoisotopic (exact) mass is 429 g/mol. The number of hydrogen-bond donors (Lipinski definition) is 1. The predicted octanol–water partition coefficient (Wildman–Crippen LogP) is 5.57. The molecule has 2 atom stereocenters. The summed E-state index contributed by atoms with van der Waals surface area (Å²) in [6.07, 6.45) is 3.73. The second-order valence-electron chi connectivity index (χ2n) is 8.85. The summed E-state index contributed by atoms with van der Waals surface area (Å²) in [6.45, 7) is 4.95. The number of benzene rings is 3. The number of hydrogen-bond acceptors (Lipinski definition) is 4. The van der Waals surface area contributed by atoms with Crippen LogP contribution in [0.2, 0.25) is 0 Å². The van der Waals surface area contributed by atoms with E-state index < -0.39 is 0 Å². The Hall–Kier alpha value is -2.98. The Balaban J connectivity index is 1.34. The van der Waals surface area contributed by atoms with E-state index in [1.807, 2.05) is 18.2 Å². The summed E-state index contributed by atoms with van der Waals surface area (Å²) >= 11 is 0. The van der Waals surface area contributed by atoms with Crippen LogP contribution in [0.4, 0.5) is 0 Å². The van der Waals surface area contributed by atoms with Crippen molar-refractivity contribution in [1.82, 2.24) is 4.90 Å². The van der Waals surface area contributed by atoms with Crippen LogP contribution in [0.15, 0.2) is 72.8 Å². The van der Waals surface area contributed by atoms with E-state index >= 15 is 0 Å². The van der Waals surface area contributed by atoms with Crippen molar-refractivity contribution in [3.63, 3.8) is 0 Å². The molecule has 0 bridgehead atoms. The molecule has 32 heavy (non-hydrogen) atoms. The molecule has 4 nitrogen and oxygen atoms in total. The Morgan fingerprint density at radius 1 is 0.906 bits per heavy atom. The van der Waals surface area contributed by atoms with E-state index in [0.717, 1.165) is 36.6 Å². The van der Waals surface area contributed by atoms with Crippen LogP contribution >= 0.6 is 0 Å². The van der Waals surface area contributed by atoms with Gasteiger partial charge in [-0.2, -0.15) is 0 Å². The van der Waals surface area contributed by atoms with Gasteiger partial charge in [0.2, 0.25) is 0 Å². The van der Waals surface area contributed by atoms with Crippen molar-refractivity contribution in [1.29, 1.82) is 0 Å². The van der Waals surface area contributed by atoms with Crippen LogP contribution in [-0.2, 0) is 0 Å². The predicted molar refractivity (Wildman–Crippen MR) is 127 cm³/mol. The molecule has 5 rings (SSSR count). The van der Waals surface area contributed by atoms with E-state index in [-0.39, 0.29) is 17.6 Å². The Morgan fingerprint density at radius 3 is 2.47 bits per heavy atom. The van der Waals surface area contributed by atoms with Gasteiger partial charge in [-0.05, 0) is 73.8 Å². The molecule has 0 amide bonds. The van der Waals surface area contributed by atoms with Crippen LogP contribution in [0.3, 0.4) is 0 Å². The first-order valence-corrected chi connectivity index (χ1v) is 11.7. The highest BCUT2D eigenvalue weighted by molar-refractivity contribution is 5.51. The van der Waals surface area contributed by atoms with Crippen LogP contribution in [-0.4, -0.2) is 42.9 Å². The topological polar surface area (TPSA) is 41.9 Å². The molecular formula is C28H31NO3. The zero-order chi connectivity index (χ0) is 21.8. The molecule has 2 heterocycles. The molecule has 0 unspecified atom stereocenters. The number of ether oxygens (including phenoxy) is 2. The van der Waals surface area contributed by atoms with Crippen LogP contribution in [0.1, 0.15) is 47.8 Å². The Bertz CT molecular complexity index is 1010. The van der Waals surface area contributed by atoms with Gasteiger partial charge < -0.3 is 19.5 Å². The molecule has 1 saturated heterocycles. The fourth-order valence-electron chi connectivity index (χ4n) is 5.06. The third kappa shape index (κ3) is 4.61. The maximum Gasteiger partial charge on any atom is 0.123 e. The summed E-state index contributed by atoms with van der Waals surface area (Å²) in [4.78, 5) is 2.52. The van der Waals surface area contributed by atoms with Gasteiger partial charge in [0.25, 0.3) is 0 Å². The third-order valence-corrected chi connectivity index (χ3v) is 6.70. The molecule has 1 N–H and O–H groups in total. The summed E-state index contributed by atoms with van der Waals surface area (Å²) in [7, 11) is 0. The number of nitrogens with zero attached hydrogens (tertiary/aromatic N) is 1. The smallest absolute Gasteiger partial charge is 0.123 e. The molecule has 0 aliphatic carbocycles. The van der Waals surface area contributed by atoms with E-state index in [1.165, 1.54) is 37.1 Å². The average molecular weight is 430 g/mol. The average Bonchev–Trinajstić information content (AvgIpc) is 3.36. The van der Waals surface area contributed by atoms with Crippen molar-refractivity contribution in [3.05, 3.63) is 89.5 Å². The zero-order valence-electron chi connectivity index (χ0n) is 18.5. The number of likely N-dealkylation sites (tertiary alicyclic amines) is 1. The molecule has 1 fully saturated rings. The normalized spacial score (nSPS) is 20.5. The molecule has 0 spiro atoms. The number of fused-ring (bicyclic) bond motifs is 1. The van der Waals surface area contributed by atoms with E-state index in [4.69, 9.17) is 9.47 Å².